The van der Waals surface area contributed by atoms with E-state index in [1.165, 1.54) is 30.3 Å². The molecule has 11 heteroatoms. The van der Waals surface area contributed by atoms with Crippen LogP contribution in [0.15, 0.2) is 42.5 Å². The molecule has 1 aliphatic heterocycles. The Bertz CT molecular complexity index is 1060. The molecule has 0 radical (unpaired) electrons. The Labute approximate surface area is 187 Å². The fraction of sp³-hybridized carbons (Fsp3) is 0.318. The lowest BCUT2D eigenvalue weighted by atomic mass is 10.0. The van der Waals surface area contributed by atoms with Gasteiger partial charge in [0.25, 0.3) is 23.9 Å². The standard InChI is InChI=1S/C22H20F2N2O7/c23-22(24)16-12-14(4-3-7-21(29)33-25-19(27)10-11-20(25)28)8-9-18(16)32-13-15-5-1-2-6-17(15)26(30)31/h1-2,5-6,8-9,12,22H,3-4,7,10-11,13H2. The maximum Gasteiger partial charge on any atom is 0.333 e. The maximum absolute atomic E-state index is 13.6. The lowest BCUT2D eigenvalue weighted by Gasteiger charge is -2.14. The van der Waals surface area contributed by atoms with Crippen molar-refractivity contribution in [1.82, 2.24) is 5.06 Å². The van der Waals surface area contributed by atoms with Gasteiger partial charge in [0.05, 0.1) is 16.1 Å². The van der Waals surface area contributed by atoms with Gasteiger partial charge in [0.15, 0.2) is 0 Å². The predicted molar refractivity (Wildman–Crippen MR) is 109 cm³/mol. The number of ether oxygens (including phenoxy) is 1. The van der Waals surface area contributed by atoms with Crippen LogP contribution >= 0.6 is 0 Å². The molecule has 33 heavy (non-hydrogen) atoms. The molecule has 9 nitrogen and oxygen atoms in total. The Morgan fingerprint density at radius 2 is 1.82 bits per heavy atom. The van der Waals surface area contributed by atoms with Crippen molar-refractivity contribution < 1.29 is 37.7 Å². The summed E-state index contributed by atoms with van der Waals surface area (Å²) in [6.45, 7) is -0.254. The average Bonchev–Trinajstić information content (AvgIpc) is 3.10. The quantitative estimate of drug-likeness (QED) is 0.297. The molecular weight excluding hydrogens is 442 g/mol. The molecule has 174 valence electrons. The molecule has 1 heterocycles. The van der Waals surface area contributed by atoms with Gasteiger partial charge in [0.2, 0.25) is 0 Å². The van der Waals surface area contributed by atoms with Crippen molar-refractivity contribution in [3.63, 3.8) is 0 Å². The van der Waals surface area contributed by atoms with Crippen molar-refractivity contribution in [2.75, 3.05) is 0 Å². The van der Waals surface area contributed by atoms with E-state index in [0.29, 0.717) is 10.6 Å². The van der Waals surface area contributed by atoms with Crippen molar-refractivity contribution in [2.24, 2.45) is 0 Å². The van der Waals surface area contributed by atoms with E-state index < -0.39 is 29.1 Å². The Hall–Kier alpha value is -3.89. The number of carbonyl (C=O) groups is 3. The fourth-order valence-electron chi connectivity index (χ4n) is 3.26. The number of carbonyl (C=O) groups excluding carboxylic acids is 3. The molecule has 0 aromatic heterocycles. The van der Waals surface area contributed by atoms with Gasteiger partial charge in [-0.05, 0) is 36.6 Å². The molecule has 3 rings (SSSR count). The monoisotopic (exact) mass is 462 g/mol. The highest BCUT2D eigenvalue weighted by Gasteiger charge is 2.32. The molecule has 2 aromatic carbocycles. The second-order valence-electron chi connectivity index (χ2n) is 7.25. The maximum atomic E-state index is 13.6. The van der Waals surface area contributed by atoms with Gasteiger partial charge in [-0.1, -0.05) is 18.2 Å². The molecule has 0 spiro atoms. The Balaban J connectivity index is 1.58. The molecule has 0 aliphatic carbocycles. The fourth-order valence-corrected chi connectivity index (χ4v) is 3.26. The molecule has 1 fully saturated rings. The number of nitrogens with zero attached hydrogens (tertiary/aromatic N) is 2. The summed E-state index contributed by atoms with van der Waals surface area (Å²) in [5, 5.41) is 11.5. The average molecular weight is 462 g/mol. The smallest absolute Gasteiger partial charge is 0.333 e. The van der Waals surface area contributed by atoms with Crippen LogP contribution in [0.25, 0.3) is 0 Å². The normalized spacial score (nSPS) is 13.5. The van der Waals surface area contributed by atoms with E-state index in [0.717, 1.165) is 0 Å². The molecule has 2 aromatic rings. The lowest BCUT2D eigenvalue weighted by Crippen LogP contribution is -2.31. The largest absolute Gasteiger partial charge is 0.488 e. The number of benzene rings is 2. The first-order valence-electron chi connectivity index (χ1n) is 10.1. The van der Waals surface area contributed by atoms with Crippen molar-refractivity contribution in [3.8, 4) is 5.75 Å². The molecule has 0 unspecified atom stereocenters. The Morgan fingerprint density at radius 1 is 1.12 bits per heavy atom. The van der Waals surface area contributed by atoms with Gasteiger partial charge < -0.3 is 9.57 Å². The highest BCUT2D eigenvalue weighted by atomic mass is 19.3. The van der Waals surface area contributed by atoms with Crippen molar-refractivity contribution in [1.29, 1.82) is 0 Å². The number of nitro benzene ring substituents is 1. The minimum absolute atomic E-state index is 0.00540. The molecule has 0 atom stereocenters. The lowest BCUT2D eigenvalue weighted by molar-refractivity contribution is -0.385. The van der Waals surface area contributed by atoms with Crippen LogP contribution in [0.5, 0.6) is 5.75 Å². The van der Waals surface area contributed by atoms with E-state index in [4.69, 9.17) is 9.57 Å². The third-order valence-corrected chi connectivity index (χ3v) is 4.93. The Morgan fingerprint density at radius 3 is 2.48 bits per heavy atom. The SMILES string of the molecule is O=C(CCCc1ccc(OCc2ccccc2[N+](=O)[O-])c(C(F)F)c1)ON1C(=O)CCC1=O. The predicted octanol–water partition coefficient (Wildman–Crippen LogP) is 4.04. The number of aryl methyl sites for hydroxylation is 1. The van der Waals surface area contributed by atoms with E-state index in [-0.39, 0.29) is 61.3 Å². The first-order chi connectivity index (χ1) is 15.8. The zero-order chi connectivity index (χ0) is 24.0. The molecular formula is C22H20F2N2O7. The summed E-state index contributed by atoms with van der Waals surface area (Å²) in [6, 6.07) is 10.0. The number of alkyl halides is 2. The summed E-state index contributed by atoms with van der Waals surface area (Å²) in [7, 11) is 0. The summed E-state index contributed by atoms with van der Waals surface area (Å²) < 4.78 is 32.6. The number of halogens is 2. The highest BCUT2D eigenvalue weighted by molar-refractivity contribution is 6.01. The summed E-state index contributed by atoms with van der Waals surface area (Å²) >= 11 is 0. The van der Waals surface area contributed by atoms with Gasteiger partial charge in [-0.15, -0.1) is 5.06 Å². The summed E-state index contributed by atoms with van der Waals surface area (Å²) in [4.78, 5) is 50.0. The van der Waals surface area contributed by atoms with Gasteiger partial charge in [0.1, 0.15) is 12.4 Å². The third kappa shape index (κ3) is 6.09. The number of amides is 2. The summed E-state index contributed by atoms with van der Waals surface area (Å²) in [6.07, 6.45) is -2.46. The molecule has 1 saturated heterocycles. The van der Waals surface area contributed by atoms with Crippen molar-refractivity contribution >= 4 is 23.5 Å². The van der Waals surface area contributed by atoms with Gasteiger partial charge in [-0.3, -0.25) is 19.7 Å². The highest BCUT2D eigenvalue weighted by Crippen LogP contribution is 2.32. The molecule has 0 N–H and O–H groups in total. The third-order valence-electron chi connectivity index (χ3n) is 4.93. The number of hydroxylamine groups is 2. The number of rotatable bonds is 10. The number of hydrogen-bond acceptors (Lipinski definition) is 7. The number of nitro groups is 1. The van der Waals surface area contributed by atoms with Gasteiger partial charge >= 0.3 is 5.97 Å². The van der Waals surface area contributed by atoms with Crippen LogP contribution < -0.4 is 4.74 Å². The number of hydrogen-bond donors (Lipinski definition) is 0. The van der Waals surface area contributed by atoms with E-state index in [1.807, 2.05) is 0 Å². The van der Waals surface area contributed by atoms with Crippen LogP contribution in [0.3, 0.4) is 0 Å². The van der Waals surface area contributed by atoms with E-state index >= 15 is 0 Å². The van der Waals surface area contributed by atoms with E-state index in [1.54, 1.807) is 12.1 Å². The van der Waals surface area contributed by atoms with Crippen LogP contribution in [-0.2, 0) is 32.2 Å². The number of imide groups is 1. The van der Waals surface area contributed by atoms with Gasteiger partial charge in [-0.25, -0.2) is 13.6 Å². The zero-order valence-electron chi connectivity index (χ0n) is 17.4. The van der Waals surface area contributed by atoms with Crippen LogP contribution in [-0.4, -0.2) is 27.8 Å². The number of para-hydroxylation sites is 1. The second kappa shape index (κ2) is 10.6. The molecule has 0 saturated carbocycles. The minimum atomic E-state index is -2.84. The zero-order valence-corrected chi connectivity index (χ0v) is 17.4. The topological polar surface area (TPSA) is 116 Å². The van der Waals surface area contributed by atoms with Crippen LogP contribution in [0.1, 0.15) is 48.8 Å². The van der Waals surface area contributed by atoms with Gasteiger partial charge in [0, 0.05) is 25.3 Å². The van der Waals surface area contributed by atoms with Crippen LogP contribution in [0, 0.1) is 10.1 Å². The first-order valence-corrected chi connectivity index (χ1v) is 10.1. The van der Waals surface area contributed by atoms with Crippen molar-refractivity contribution in [3.05, 3.63) is 69.3 Å². The molecule has 0 bridgehead atoms. The van der Waals surface area contributed by atoms with E-state index in [2.05, 4.69) is 0 Å². The van der Waals surface area contributed by atoms with E-state index in [9.17, 15) is 33.3 Å². The van der Waals surface area contributed by atoms with Gasteiger partial charge in [-0.2, -0.15) is 0 Å². The summed E-state index contributed by atoms with van der Waals surface area (Å²) in [5.74, 6) is -2.02. The molecule has 2 amide bonds. The Kier molecular flexibility index (Phi) is 7.65. The minimum Gasteiger partial charge on any atom is -0.488 e. The van der Waals surface area contributed by atoms with Crippen LogP contribution in [0.4, 0.5) is 14.5 Å². The van der Waals surface area contributed by atoms with Crippen molar-refractivity contribution in [2.45, 2.75) is 45.1 Å². The second-order valence-corrected chi connectivity index (χ2v) is 7.25. The molecule has 1 aliphatic rings. The van der Waals surface area contributed by atoms with Crippen LogP contribution in [0.2, 0.25) is 0 Å². The first kappa shape index (κ1) is 23.8. The summed E-state index contributed by atoms with van der Waals surface area (Å²) in [5.41, 5.74) is 0.226.